The van der Waals surface area contributed by atoms with Crippen molar-refractivity contribution in [1.82, 2.24) is 15.5 Å². The molecule has 0 saturated heterocycles. The number of amides is 1. The molecule has 1 heterocycles. The summed E-state index contributed by atoms with van der Waals surface area (Å²) in [4.78, 5) is 10.5. The molecule has 1 aromatic rings. The van der Waals surface area contributed by atoms with Crippen LogP contribution in [0.5, 0.6) is 0 Å². The largest absolute Gasteiger partial charge is 0.358 e. The topological polar surface area (TPSA) is 66.9 Å². The second-order valence-electron chi connectivity index (χ2n) is 2.54. The first-order valence-electron chi connectivity index (χ1n) is 3.97. The highest BCUT2D eigenvalue weighted by Gasteiger charge is 1.97. The number of anilines is 1. The van der Waals surface area contributed by atoms with Crippen molar-refractivity contribution in [2.75, 3.05) is 18.4 Å². The van der Waals surface area contributed by atoms with Gasteiger partial charge in [-0.3, -0.25) is 4.79 Å². The van der Waals surface area contributed by atoms with Crippen molar-refractivity contribution in [2.24, 2.45) is 0 Å². The maximum absolute atomic E-state index is 10.5. The van der Waals surface area contributed by atoms with E-state index in [1.165, 1.54) is 18.3 Å². The van der Waals surface area contributed by atoms with Gasteiger partial charge in [-0.05, 0) is 6.92 Å². The van der Waals surface area contributed by atoms with Crippen LogP contribution in [0, 0.1) is 6.92 Å². The highest BCUT2D eigenvalue weighted by atomic mass is 32.1. The van der Waals surface area contributed by atoms with Crippen LogP contribution in [0.4, 0.5) is 5.13 Å². The molecule has 0 aromatic carbocycles. The number of nitrogens with zero attached hydrogens (tertiary/aromatic N) is 2. The summed E-state index contributed by atoms with van der Waals surface area (Å²) in [6, 6.07) is 0. The number of carbonyl (C=O) groups is 1. The van der Waals surface area contributed by atoms with Crippen molar-refractivity contribution >= 4 is 22.4 Å². The zero-order valence-electron chi connectivity index (χ0n) is 7.63. The van der Waals surface area contributed by atoms with Crippen molar-refractivity contribution < 1.29 is 4.79 Å². The van der Waals surface area contributed by atoms with E-state index in [0.29, 0.717) is 13.1 Å². The van der Waals surface area contributed by atoms with Crippen molar-refractivity contribution in [3.63, 3.8) is 0 Å². The molecule has 72 valence electrons. The minimum atomic E-state index is -0.0183. The molecule has 1 rings (SSSR count). The van der Waals surface area contributed by atoms with Gasteiger partial charge in [0.1, 0.15) is 5.01 Å². The highest BCUT2D eigenvalue weighted by Crippen LogP contribution is 2.12. The lowest BCUT2D eigenvalue weighted by molar-refractivity contribution is -0.118. The van der Waals surface area contributed by atoms with E-state index in [4.69, 9.17) is 0 Å². The van der Waals surface area contributed by atoms with Gasteiger partial charge in [0.15, 0.2) is 0 Å². The van der Waals surface area contributed by atoms with E-state index in [1.807, 2.05) is 6.92 Å². The van der Waals surface area contributed by atoms with Gasteiger partial charge in [0.2, 0.25) is 11.0 Å². The molecule has 0 bridgehead atoms. The first-order chi connectivity index (χ1) is 6.18. The average molecular weight is 200 g/mol. The van der Waals surface area contributed by atoms with Gasteiger partial charge in [-0.15, -0.1) is 10.2 Å². The minimum Gasteiger partial charge on any atom is -0.358 e. The molecule has 1 aromatic heterocycles. The van der Waals surface area contributed by atoms with Crippen LogP contribution in [0.1, 0.15) is 11.9 Å². The summed E-state index contributed by atoms with van der Waals surface area (Å²) >= 11 is 1.50. The predicted molar refractivity (Wildman–Crippen MR) is 51.8 cm³/mol. The first-order valence-corrected chi connectivity index (χ1v) is 4.78. The fourth-order valence-electron chi connectivity index (χ4n) is 0.776. The van der Waals surface area contributed by atoms with Crippen molar-refractivity contribution in [2.45, 2.75) is 13.8 Å². The molecular formula is C7H12N4OS. The van der Waals surface area contributed by atoms with E-state index in [9.17, 15) is 4.79 Å². The Hall–Kier alpha value is -1.17. The van der Waals surface area contributed by atoms with Crippen molar-refractivity contribution in [3.8, 4) is 0 Å². The number of rotatable bonds is 4. The van der Waals surface area contributed by atoms with Crippen molar-refractivity contribution in [1.29, 1.82) is 0 Å². The Balaban J connectivity index is 2.16. The number of hydrogen-bond donors (Lipinski definition) is 2. The molecule has 0 aliphatic rings. The van der Waals surface area contributed by atoms with Crippen molar-refractivity contribution in [3.05, 3.63) is 5.01 Å². The maximum atomic E-state index is 10.5. The Labute approximate surface area is 80.6 Å². The molecule has 0 saturated carbocycles. The first kappa shape index (κ1) is 9.91. The number of nitrogens with one attached hydrogen (secondary N) is 2. The van der Waals surface area contributed by atoms with Crippen LogP contribution in [0.2, 0.25) is 0 Å². The molecule has 0 aliphatic carbocycles. The van der Waals surface area contributed by atoms with E-state index >= 15 is 0 Å². The number of aromatic nitrogens is 2. The van der Waals surface area contributed by atoms with Gasteiger partial charge < -0.3 is 10.6 Å². The zero-order valence-corrected chi connectivity index (χ0v) is 8.44. The Kier molecular flexibility index (Phi) is 3.63. The molecular weight excluding hydrogens is 188 g/mol. The molecule has 0 aliphatic heterocycles. The van der Waals surface area contributed by atoms with E-state index in [1.54, 1.807) is 0 Å². The molecule has 0 atom stereocenters. The van der Waals surface area contributed by atoms with E-state index < -0.39 is 0 Å². The third-order valence-corrected chi connectivity index (χ3v) is 2.10. The molecule has 6 heteroatoms. The van der Waals surface area contributed by atoms with Crippen LogP contribution in [-0.2, 0) is 4.79 Å². The summed E-state index contributed by atoms with van der Waals surface area (Å²) in [6.45, 7) is 4.67. The van der Waals surface area contributed by atoms with Gasteiger partial charge in [-0.25, -0.2) is 0 Å². The minimum absolute atomic E-state index is 0.0183. The summed E-state index contributed by atoms with van der Waals surface area (Å²) in [5.74, 6) is -0.0183. The molecule has 0 fully saturated rings. The van der Waals surface area contributed by atoms with Gasteiger partial charge in [-0.1, -0.05) is 11.3 Å². The standard InChI is InChI=1S/C7H12N4OS/c1-5(12)8-3-4-9-7-11-10-6(2)13-7/h3-4H2,1-2H3,(H,8,12)(H,9,11). The molecule has 5 nitrogen and oxygen atoms in total. The Morgan fingerprint density at radius 1 is 1.46 bits per heavy atom. The zero-order chi connectivity index (χ0) is 9.68. The Morgan fingerprint density at radius 2 is 2.23 bits per heavy atom. The summed E-state index contributed by atoms with van der Waals surface area (Å²) < 4.78 is 0. The Bertz CT molecular complexity index is 286. The molecule has 1 amide bonds. The third kappa shape index (κ3) is 3.84. The van der Waals surface area contributed by atoms with Crippen LogP contribution < -0.4 is 10.6 Å². The summed E-state index contributed by atoms with van der Waals surface area (Å²) in [7, 11) is 0. The molecule has 2 N–H and O–H groups in total. The van der Waals surface area contributed by atoms with Gasteiger partial charge in [0, 0.05) is 20.0 Å². The smallest absolute Gasteiger partial charge is 0.216 e. The third-order valence-electron chi connectivity index (χ3n) is 1.30. The van der Waals surface area contributed by atoms with Crippen LogP contribution >= 0.6 is 11.3 Å². The fraction of sp³-hybridized carbons (Fsp3) is 0.571. The maximum Gasteiger partial charge on any atom is 0.216 e. The second-order valence-corrected chi connectivity index (χ2v) is 3.72. The average Bonchev–Trinajstić information content (AvgIpc) is 2.45. The van der Waals surface area contributed by atoms with Crippen LogP contribution in [0.15, 0.2) is 0 Å². The highest BCUT2D eigenvalue weighted by molar-refractivity contribution is 7.15. The van der Waals surface area contributed by atoms with Gasteiger partial charge >= 0.3 is 0 Å². The molecule has 0 radical (unpaired) electrons. The lowest BCUT2D eigenvalue weighted by atomic mass is 10.6. The lowest BCUT2D eigenvalue weighted by Gasteiger charge is -2.01. The van der Waals surface area contributed by atoms with Gasteiger partial charge in [0.05, 0.1) is 0 Å². The van der Waals surface area contributed by atoms with Crippen LogP contribution in [-0.4, -0.2) is 29.2 Å². The predicted octanol–water partition coefficient (Wildman–Crippen LogP) is 0.395. The molecule has 0 spiro atoms. The number of aryl methyl sites for hydroxylation is 1. The lowest BCUT2D eigenvalue weighted by Crippen LogP contribution is -2.26. The normalized spacial score (nSPS) is 9.69. The summed E-state index contributed by atoms with van der Waals surface area (Å²) in [5.41, 5.74) is 0. The molecule has 0 unspecified atom stereocenters. The van der Waals surface area contributed by atoms with E-state index in [2.05, 4.69) is 20.8 Å². The summed E-state index contributed by atoms with van der Waals surface area (Å²) in [5, 5.41) is 15.2. The van der Waals surface area contributed by atoms with E-state index in [-0.39, 0.29) is 5.91 Å². The quantitative estimate of drug-likeness (QED) is 0.690. The van der Waals surface area contributed by atoms with Crippen LogP contribution in [0.3, 0.4) is 0 Å². The Morgan fingerprint density at radius 3 is 2.77 bits per heavy atom. The van der Waals surface area contributed by atoms with Gasteiger partial charge in [0.25, 0.3) is 0 Å². The number of carbonyl (C=O) groups excluding carboxylic acids is 1. The monoisotopic (exact) mass is 200 g/mol. The van der Waals surface area contributed by atoms with Crippen LogP contribution in [0.25, 0.3) is 0 Å². The SMILES string of the molecule is CC(=O)NCCNc1nnc(C)s1. The van der Waals surface area contributed by atoms with E-state index in [0.717, 1.165) is 10.1 Å². The second kappa shape index (κ2) is 4.76. The fourth-order valence-corrected chi connectivity index (χ4v) is 1.39. The van der Waals surface area contributed by atoms with Gasteiger partial charge in [-0.2, -0.15) is 0 Å². The number of hydrogen-bond acceptors (Lipinski definition) is 5. The molecule has 13 heavy (non-hydrogen) atoms. The summed E-state index contributed by atoms with van der Waals surface area (Å²) in [6.07, 6.45) is 0.